The number of hydrogen-bond acceptors (Lipinski definition) is 4. The van der Waals surface area contributed by atoms with E-state index in [4.69, 9.17) is 4.18 Å². The van der Waals surface area contributed by atoms with Crippen LogP contribution in [0.1, 0.15) is 10.4 Å². The molecule has 0 aliphatic rings. The highest BCUT2D eigenvalue weighted by Gasteiger charge is 2.28. The lowest BCUT2D eigenvalue weighted by Gasteiger charge is -2.18. The summed E-state index contributed by atoms with van der Waals surface area (Å²) >= 11 is 0. The molecule has 0 radical (unpaired) electrons. The number of Topliss-reactive ketones (excluding diaryl/α,β-unsaturated/α-hetero) is 1. The maximum Gasteiger partial charge on any atom is 0.298 e. The molecule has 4 nitrogen and oxygen atoms in total. The maximum absolute atomic E-state index is 13.8. The van der Waals surface area contributed by atoms with Crippen molar-refractivity contribution in [3.05, 3.63) is 139 Å². The fourth-order valence-corrected chi connectivity index (χ4v) is 5.53. The van der Waals surface area contributed by atoms with E-state index in [0.717, 1.165) is 22.3 Å². The molecule has 5 aromatic carbocycles. The second kappa shape index (κ2) is 10.7. The van der Waals surface area contributed by atoms with Gasteiger partial charge in [0.2, 0.25) is 0 Å². The van der Waals surface area contributed by atoms with Gasteiger partial charge in [-0.2, -0.15) is 8.42 Å². The zero-order valence-corrected chi connectivity index (χ0v) is 20.8. The van der Waals surface area contributed by atoms with Gasteiger partial charge in [0.15, 0.2) is 5.78 Å². The Morgan fingerprint density at radius 3 is 1.41 bits per heavy atom. The van der Waals surface area contributed by atoms with Crippen LogP contribution in [0.3, 0.4) is 0 Å². The predicted octanol–water partition coefficient (Wildman–Crippen LogP) is 7.28. The first-order valence-corrected chi connectivity index (χ1v) is 13.3. The first kappa shape index (κ1) is 24.4. The summed E-state index contributed by atoms with van der Waals surface area (Å²) in [6.45, 7) is -0.588. The van der Waals surface area contributed by atoms with E-state index in [1.54, 1.807) is 30.3 Å². The summed E-state index contributed by atoms with van der Waals surface area (Å²) in [7, 11) is -4.34. The van der Waals surface area contributed by atoms with E-state index in [-0.39, 0.29) is 4.90 Å². The zero-order chi connectivity index (χ0) is 25.7. The Morgan fingerprint density at radius 2 is 0.946 bits per heavy atom. The third kappa shape index (κ3) is 5.43. The number of benzene rings is 5. The monoisotopic (exact) mass is 504 g/mol. The third-order valence-electron chi connectivity index (χ3n) is 6.06. The van der Waals surface area contributed by atoms with Crippen molar-refractivity contribution >= 4 is 15.9 Å². The molecule has 0 atom stereocenters. The van der Waals surface area contributed by atoms with E-state index in [2.05, 4.69) is 0 Å². The third-order valence-corrected chi connectivity index (χ3v) is 7.42. The van der Waals surface area contributed by atoms with Crippen LogP contribution in [0.4, 0.5) is 0 Å². The average Bonchev–Trinajstić information content (AvgIpc) is 2.97. The molecular weight excluding hydrogens is 480 g/mol. The summed E-state index contributed by atoms with van der Waals surface area (Å²) in [5.41, 5.74) is 4.70. The minimum Gasteiger partial charge on any atom is -0.291 e. The van der Waals surface area contributed by atoms with Gasteiger partial charge in [-0.3, -0.25) is 8.98 Å². The van der Waals surface area contributed by atoms with Crippen LogP contribution in [0.15, 0.2) is 138 Å². The molecule has 0 bridgehead atoms. The number of rotatable bonds is 8. The molecule has 5 aromatic rings. The van der Waals surface area contributed by atoms with Gasteiger partial charge in [0.05, 0.1) is 0 Å². The van der Waals surface area contributed by atoms with Crippen LogP contribution in [0.5, 0.6) is 0 Å². The Hall–Kier alpha value is -4.32. The van der Waals surface area contributed by atoms with Crippen LogP contribution < -0.4 is 0 Å². The first-order valence-electron chi connectivity index (χ1n) is 11.8. The highest BCUT2D eigenvalue weighted by Crippen LogP contribution is 2.40. The second-order valence-electron chi connectivity index (χ2n) is 8.50. The molecule has 0 fully saturated rings. The van der Waals surface area contributed by atoms with Gasteiger partial charge in [0, 0.05) is 16.7 Å². The number of ketones is 1. The Morgan fingerprint density at radius 1 is 0.541 bits per heavy atom. The van der Waals surface area contributed by atoms with E-state index in [1.165, 1.54) is 0 Å². The van der Waals surface area contributed by atoms with Crippen molar-refractivity contribution in [2.75, 3.05) is 6.61 Å². The fourth-order valence-electron chi connectivity index (χ4n) is 4.26. The van der Waals surface area contributed by atoms with Gasteiger partial charge in [-0.25, -0.2) is 0 Å². The molecule has 0 aliphatic carbocycles. The molecule has 5 rings (SSSR count). The smallest absolute Gasteiger partial charge is 0.291 e. The van der Waals surface area contributed by atoms with Crippen molar-refractivity contribution in [3.63, 3.8) is 0 Å². The molecule has 0 heterocycles. The van der Waals surface area contributed by atoms with Gasteiger partial charge in [-0.05, 0) is 34.4 Å². The van der Waals surface area contributed by atoms with Crippen LogP contribution in [-0.2, 0) is 14.3 Å². The molecule has 0 aliphatic heterocycles. The minimum atomic E-state index is -4.34. The van der Waals surface area contributed by atoms with Crippen molar-refractivity contribution < 1.29 is 17.4 Å². The standard InChI is InChI=1S/C32H24O4S/c33-31(27-19-11-4-12-20-27)23-36-37(34,35)32-29(25-15-7-2-8-16-25)21-28(24-13-5-1-6-14-24)22-30(32)26-17-9-3-10-18-26/h1-22H,23H2. The van der Waals surface area contributed by atoms with E-state index >= 15 is 0 Å². The van der Waals surface area contributed by atoms with Crippen molar-refractivity contribution in [3.8, 4) is 33.4 Å². The van der Waals surface area contributed by atoms with Crippen LogP contribution in [-0.4, -0.2) is 20.8 Å². The Labute approximate surface area is 216 Å². The molecule has 0 saturated carbocycles. The molecule has 182 valence electrons. The minimum absolute atomic E-state index is 0.0328. The molecule has 0 amide bonds. The molecule has 0 spiro atoms. The van der Waals surface area contributed by atoms with E-state index in [9.17, 15) is 13.2 Å². The Bertz CT molecular complexity index is 1550. The number of carbonyl (C=O) groups excluding carboxylic acids is 1. The maximum atomic E-state index is 13.8. The Kier molecular flexibility index (Phi) is 7.08. The summed E-state index contributed by atoms with van der Waals surface area (Å²) in [4.78, 5) is 12.7. The lowest BCUT2D eigenvalue weighted by atomic mass is 9.93. The molecular formula is C32H24O4S. The second-order valence-corrected chi connectivity index (χ2v) is 10.1. The normalized spacial score (nSPS) is 11.2. The van der Waals surface area contributed by atoms with Crippen LogP contribution in [0.25, 0.3) is 33.4 Å². The molecule has 37 heavy (non-hydrogen) atoms. The van der Waals surface area contributed by atoms with Gasteiger partial charge >= 0.3 is 0 Å². The zero-order valence-electron chi connectivity index (χ0n) is 20.0. The highest BCUT2D eigenvalue weighted by molar-refractivity contribution is 7.87. The van der Waals surface area contributed by atoms with Crippen LogP contribution >= 0.6 is 0 Å². The van der Waals surface area contributed by atoms with E-state index < -0.39 is 22.5 Å². The van der Waals surface area contributed by atoms with E-state index in [0.29, 0.717) is 16.7 Å². The van der Waals surface area contributed by atoms with Gasteiger partial charge in [0.25, 0.3) is 10.1 Å². The number of hydrogen-bond donors (Lipinski definition) is 0. The number of carbonyl (C=O) groups is 1. The van der Waals surface area contributed by atoms with Crippen molar-refractivity contribution in [1.82, 2.24) is 0 Å². The van der Waals surface area contributed by atoms with Crippen molar-refractivity contribution in [2.24, 2.45) is 0 Å². The van der Waals surface area contributed by atoms with Crippen molar-refractivity contribution in [2.45, 2.75) is 4.90 Å². The van der Waals surface area contributed by atoms with Crippen molar-refractivity contribution in [1.29, 1.82) is 0 Å². The van der Waals surface area contributed by atoms with Crippen LogP contribution in [0.2, 0.25) is 0 Å². The molecule has 0 N–H and O–H groups in total. The van der Waals surface area contributed by atoms with Gasteiger partial charge in [-0.15, -0.1) is 0 Å². The molecule has 0 aromatic heterocycles. The van der Waals surface area contributed by atoms with Gasteiger partial charge in [0.1, 0.15) is 11.5 Å². The van der Waals surface area contributed by atoms with E-state index in [1.807, 2.05) is 103 Å². The summed E-state index contributed by atoms with van der Waals surface area (Å²) in [6, 6.07) is 40.8. The quantitative estimate of drug-likeness (QED) is 0.165. The predicted molar refractivity (Wildman–Crippen MR) is 147 cm³/mol. The molecule has 0 unspecified atom stereocenters. The fraction of sp³-hybridized carbons (Fsp3) is 0.0312. The Balaban J connectivity index is 1.69. The summed E-state index contributed by atoms with van der Waals surface area (Å²) < 4.78 is 33.1. The SMILES string of the molecule is O=C(COS(=O)(=O)c1c(-c2ccccc2)cc(-c2ccccc2)cc1-c1ccccc1)c1ccccc1. The topological polar surface area (TPSA) is 60.4 Å². The lowest BCUT2D eigenvalue weighted by molar-refractivity contribution is 0.0924. The highest BCUT2D eigenvalue weighted by atomic mass is 32.2. The lowest BCUT2D eigenvalue weighted by Crippen LogP contribution is -2.16. The first-order chi connectivity index (χ1) is 18.0. The summed E-state index contributed by atoms with van der Waals surface area (Å²) in [6.07, 6.45) is 0. The average molecular weight is 505 g/mol. The van der Waals surface area contributed by atoms with Gasteiger partial charge < -0.3 is 0 Å². The summed E-state index contributed by atoms with van der Waals surface area (Å²) in [5.74, 6) is -0.410. The summed E-state index contributed by atoms with van der Waals surface area (Å²) in [5, 5.41) is 0. The van der Waals surface area contributed by atoms with Gasteiger partial charge in [-0.1, -0.05) is 121 Å². The molecule has 5 heteroatoms. The largest absolute Gasteiger partial charge is 0.298 e. The molecule has 0 saturated heterocycles. The van der Waals surface area contributed by atoms with Crippen LogP contribution in [0, 0.1) is 0 Å².